The summed E-state index contributed by atoms with van der Waals surface area (Å²) in [4.78, 5) is 36.9. The Kier molecular flexibility index (Phi) is 37.5. The van der Waals surface area contributed by atoms with E-state index in [0.717, 1.165) is 57.8 Å². The van der Waals surface area contributed by atoms with Gasteiger partial charge in [0.2, 0.25) is 0 Å². The number of ether oxygens (including phenoxy) is 3. The second-order valence-electron chi connectivity index (χ2n) is 15.7. The lowest BCUT2D eigenvalue weighted by atomic mass is 10.1. The fraction of sp³-hybridized carbons (Fsp3) is 0.620. The normalized spacial score (nSPS) is 13.9. The summed E-state index contributed by atoms with van der Waals surface area (Å²) in [6.45, 7) is 4.41. The molecule has 58 heavy (non-hydrogen) atoms. The maximum Gasteiger partial charge on any atom is 0.306 e. The van der Waals surface area contributed by atoms with Crippen LogP contribution in [0.5, 0.6) is 0 Å². The molecule has 0 radical (unpaired) electrons. The van der Waals surface area contributed by atoms with Crippen LogP contribution in [0.3, 0.4) is 0 Å². The largest absolute Gasteiger partial charge is 0.544 e. The van der Waals surface area contributed by atoms with Gasteiger partial charge in [0.25, 0.3) is 0 Å². The number of hydrogen-bond acceptors (Lipinski definition) is 7. The van der Waals surface area contributed by atoms with Crippen molar-refractivity contribution in [3.05, 3.63) is 97.2 Å². The van der Waals surface area contributed by atoms with E-state index in [1.807, 2.05) is 60.8 Å². The third-order valence-electron chi connectivity index (χ3n) is 9.37. The number of esters is 2. The highest BCUT2D eigenvalue weighted by Gasteiger charge is 2.25. The maximum absolute atomic E-state index is 12.7. The first-order chi connectivity index (χ1) is 28.1. The Morgan fingerprint density at radius 3 is 1.59 bits per heavy atom. The lowest BCUT2D eigenvalue weighted by Crippen LogP contribution is -2.55. The first kappa shape index (κ1) is 54.2. The van der Waals surface area contributed by atoms with Gasteiger partial charge in [-0.2, -0.15) is 0 Å². The molecule has 0 saturated carbocycles. The second kappa shape index (κ2) is 40.0. The smallest absolute Gasteiger partial charge is 0.306 e. The number of carbonyl (C=O) groups excluding carboxylic acids is 3. The van der Waals surface area contributed by atoms with Gasteiger partial charge in [-0.15, -0.1) is 0 Å². The summed E-state index contributed by atoms with van der Waals surface area (Å²) >= 11 is 0. The molecule has 0 saturated heterocycles. The molecule has 0 amide bonds. The van der Waals surface area contributed by atoms with Gasteiger partial charge in [0.05, 0.1) is 40.3 Å². The zero-order valence-corrected chi connectivity index (χ0v) is 37.2. The average molecular weight is 808 g/mol. The predicted molar refractivity (Wildman–Crippen MR) is 240 cm³/mol. The van der Waals surface area contributed by atoms with E-state index in [1.165, 1.54) is 51.4 Å². The topological polar surface area (TPSA) is 102 Å². The molecule has 0 aliphatic carbocycles. The van der Waals surface area contributed by atoms with Crippen molar-refractivity contribution in [2.24, 2.45) is 0 Å². The molecular weight excluding hydrogens is 727 g/mol. The average Bonchev–Trinajstić information content (AvgIpc) is 3.18. The van der Waals surface area contributed by atoms with Crippen LogP contribution < -0.4 is 5.11 Å². The Morgan fingerprint density at radius 2 is 1.03 bits per heavy atom. The van der Waals surface area contributed by atoms with Crippen molar-refractivity contribution >= 4 is 17.9 Å². The first-order valence-corrected chi connectivity index (χ1v) is 22.3. The van der Waals surface area contributed by atoms with E-state index in [0.29, 0.717) is 12.8 Å². The summed E-state index contributed by atoms with van der Waals surface area (Å²) < 4.78 is 17.1. The molecule has 328 valence electrons. The zero-order chi connectivity index (χ0) is 42.8. The Labute approximate surface area is 354 Å². The van der Waals surface area contributed by atoms with Gasteiger partial charge in [0, 0.05) is 19.3 Å². The Hall–Kier alpha value is -3.75. The highest BCUT2D eigenvalue weighted by atomic mass is 16.6. The molecule has 0 aromatic rings. The van der Waals surface area contributed by atoms with E-state index in [4.69, 9.17) is 14.2 Å². The number of carboxylic acids is 1. The third kappa shape index (κ3) is 37.8. The summed E-state index contributed by atoms with van der Waals surface area (Å²) in [6.07, 6.45) is 52.8. The molecule has 0 N–H and O–H groups in total. The van der Waals surface area contributed by atoms with Gasteiger partial charge in [-0.25, -0.2) is 0 Å². The molecule has 0 aromatic heterocycles. The Morgan fingerprint density at radius 1 is 0.552 bits per heavy atom. The van der Waals surface area contributed by atoms with Crippen LogP contribution in [0.15, 0.2) is 97.2 Å². The van der Waals surface area contributed by atoms with Gasteiger partial charge in [-0.05, 0) is 64.2 Å². The maximum atomic E-state index is 12.7. The van der Waals surface area contributed by atoms with Crippen molar-refractivity contribution < 1.29 is 38.2 Å². The highest BCUT2D eigenvalue weighted by molar-refractivity contribution is 5.70. The van der Waals surface area contributed by atoms with Crippen LogP contribution in [-0.4, -0.2) is 75.5 Å². The standard InChI is InChI=1S/C50H81NO7/c1-6-8-10-12-14-16-18-20-22-24-26-28-30-32-34-36-38-40-48(52)57-45-46(44-56-43-42-47(50(54)55)51(3,4)5)58-49(53)41-39-37-35-33-31-29-27-25-23-21-19-17-15-13-11-9-7-2/h9,11,13-17,19-23,25,27,29,31,46-47H,6-8,10,12,18,24,26,28,30,32-45H2,1-5H3/b11-9+,15-13+,16-14+,19-17+,22-20+,23-21+,27-25+,31-29+. The second-order valence-corrected chi connectivity index (χ2v) is 15.7. The minimum absolute atomic E-state index is 0.0133. The molecule has 0 aliphatic heterocycles. The molecule has 0 fully saturated rings. The van der Waals surface area contributed by atoms with Crippen molar-refractivity contribution in [1.29, 1.82) is 0 Å². The lowest BCUT2D eigenvalue weighted by molar-refractivity contribution is -0.889. The van der Waals surface area contributed by atoms with Crippen LogP contribution in [-0.2, 0) is 28.6 Å². The van der Waals surface area contributed by atoms with Crippen molar-refractivity contribution in [3.8, 4) is 0 Å². The molecule has 0 aliphatic rings. The van der Waals surface area contributed by atoms with Crippen LogP contribution in [0.1, 0.15) is 149 Å². The number of quaternary nitrogens is 1. The predicted octanol–water partition coefficient (Wildman–Crippen LogP) is 11.0. The van der Waals surface area contributed by atoms with Crippen molar-refractivity contribution in [1.82, 2.24) is 0 Å². The number of allylic oxidation sites excluding steroid dienone is 16. The number of nitrogens with zero attached hydrogens (tertiary/aromatic N) is 1. The number of aliphatic carboxylic acids is 1. The summed E-state index contributed by atoms with van der Waals surface area (Å²) in [6, 6.07) is -0.741. The number of likely N-dealkylation sites (N-methyl/N-ethyl adjacent to an activating group) is 1. The minimum Gasteiger partial charge on any atom is -0.544 e. The molecule has 0 heterocycles. The minimum atomic E-state index is -1.14. The number of hydrogen-bond donors (Lipinski definition) is 0. The molecule has 0 spiro atoms. The first-order valence-electron chi connectivity index (χ1n) is 22.3. The SMILES string of the molecule is CC/C=C/C=C/C=C/C=C/C=C/C=C/CCCCCC(=O)OC(COCCC(C(=O)[O-])[N+](C)(C)C)COC(=O)CCCCCCCCC/C=C/C/C=C/CCCCC. The Bertz CT molecular complexity index is 1260. The van der Waals surface area contributed by atoms with E-state index in [9.17, 15) is 19.5 Å². The molecular formula is C50H81NO7. The van der Waals surface area contributed by atoms with Crippen LogP contribution in [0.25, 0.3) is 0 Å². The number of rotatable bonds is 38. The summed E-state index contributed by atoms with van der Waals surface area (Å²) in [5.41, 5.74) is 0. The summed E-state index contributed by atoms with van der Waals surface area (Å²) in [7, 11) is 5.37. The van der Waals surface area contributed by atoms with Crippen LogP contribution in [0.2, 0.25) is 0 Å². The van der Waals surface area contributed by atoms with Crippen LogP contribution in [0, 0.1) is 0 Å². The van der Waals surface area contributed by atoms with E-state index in [1.54, 1.807) is 21.1 Å². The monoisotopic (exact) mass is 808 g/mol. The Balaban J connectivity index is 4.47. The van der Waals surface area contributed by atoms with E-state index in [2.05, 4.69) is 50.3 Å². The molecule has 0 bridgehead atoms. The number of carboxylic acid groups (broad SMARTS) is 1. The fourth-order valence-electron chi connectivity index (χ4n) is 5.90. The highest BCUT2D eigenvalue weighted by Crippen LogP contribution is 2.13. The van der Waals surface area contributed by atoms with Crippen molar-refractivity contribution in [2.75, 3.05) is 41.0 Å². The van der Waals surface area contributed by atoms with E-state index < -0.39 is 18.1 Å². The van der Waals surface area contributed by atoms with E-state index >= 15 is 0 Å². The molecule has 2 atom stereocenters. The van der Waals surface area contributed by atoms with Gasteiger partial charge in [0.15, 0.2) is 6.10 Å². The van der Waals surface area contributed by atoms with Gasteiger partial charge >= 0.3 is 11.9 Å². The fourth-order valence-corrected chi connectivity index (χ4v) is 5.90. The molecule has 0 rings (SSSR count). The summed E-state index contributed by atoms with van der Waals surface area (Å²) in [5.74, 6) is -1.82. The molecule has 8 nitrogen and oxygen atoms in total. The third-order valence-corrected chi connectivity index (χ3v) is 9.37. The summed E-state index contributed by atoms with van der Waals surface area (Å²) in [5, 5.41) is 11.6. The van der Waals surface area contributed by atoms with Crippen molar-refractivity contribution in [3.63, 3.8) is 0 Å². The van der Waals surface area contributed by atoms with Crippen LogP contribution >= 0.6 is 0 Å². The zero-order valence-electron chi connectivity index (χ0n) is 37.2. The number of unbranched alkanes of at least 4 members (excludes halogenated alkanes) is 13. The number of carbonyl (C=O) groups is 3. The van der Waals surface area contributed by atoms with Gasteiger partial charge in [0.1, 0.15) is 12.6 Å². The molecule has 8 heteroatoms. The van der Waals surface area contributed by atoms with Gasteiger partial charge in [-0.1, -0.05) is 162 Å². The quantitative estimate of drug-likeness (QED) is 0.0201. The molecule has 2 unspecified atom stereocenters. The van der Waals surface area contributed by atoms with Crippen LogP contribution in [0.4, 0.5) is 0 Å². The lowest BCUT2D eigenvalue weighted by Gasteiger charge is -2.34. The van der Waals surface area contributed by atoms with Gasteiger partial charge < -0.3 is 28.6 Å². The molecule has 0 aromatic carbocycles. The van der Waals surface area contributed by atoms with Crippen molar-refractivity contribution in [2.45, 2.75) is 161 Å². The van der Waals surface area contributed by atoms with Gasteiger partial charge in [-0.3, -0.25) is 9.59 Å². The van der Waals surface area contributed by atoms with E-state index in [-0.39, 0.29) is 49.1 Å².